The van der Waals surface area contributed by atoms with Crippen molar-refractivity contribution in [3.63, 3.8) is 0 Å². The Bertz CT molecular complexity index is 531. The summed E-state index contributed by atoms with van der Waals surface area (Å²) in [6, 6.07) is 0. The molecule has 0 heterocycles. The molecule has 1 aromatic rings. The van der Waals surface area contributed by atoms with Gasteiger partial charge in [0.15, 0.2) is 0 Å². The molecule has 0 saturated carbocycles. The molecule has 2 aliphatic rings. The molecule has 3 rings (SSSR count). The van der Waals surface area contributed by atoms with Crippen LogP contribution < -0.4 is 0 Å². The van der Waals surface area contributed by atoms with Crippen molar-refractivity contribution in [3.05, 3.63) is 40.7 Å². The Labute approximate surface area is 135 Å². The summed E-state index contributed by atoms with van der Waals surface area (Å²) in [7, 11) is 0. The maximum absolute atomic E-state index is 3.74. The molecule has 0 bridgehead atoms. The topological polar surface area (TPSA) is 0 Å². The van der Waals surface area contributed by atoms with Gasteiger partial charge in [0.2, 0.25) is 0 Å². The van der Waals surface area contributed by atoms with Crippen LogP contribution in [-0.4, -0.2) is 0 Å². The van der Waals surface area contributed by atoms with Crippen molar-refractivity contribution < 1.29 is 0 Å². The van der Waals surface area contributed by atoms with Crippen molar-refractivity contribution in [3.8, 4) is 0 Å². The van der Waals surface area contributed by atoms with Gasteiger partial charge in [-0.1, -0.05) is 22.0 Å². The summed E-state index contributed by atoms with van der Waals surface area (Å²) in [5.41, 5.74) is 4.51. The fourth-order valence-corrected chi connectivity index (χ4v) is 5.44. The third-order valence-electron chi connectivity index (χ3n) is 3.67. The lowest BCUT2D eigenvalue weighted by atomic mass is 9.77. The molecular formula is C13H10Br4. The zero-order chi connectivity index (χ0) is 12.2. The van der Waals surface area contributed by atoms with E-state index in [0.29, 0.717) is 5.92 Å². The van der Waals surface area contributed by atoms with Crippen molar-refractivity contribution in [2.24, 2.45) is 0 Å². The molecule has 0 radical (unpaired) electrons. The van der Waals surface area contributed by atoms with Crippen LogP contribution in [0.4, 0.5) is 0 Å². The quantitative estimate of drug-likeness (QED) is 0.382. The fraction of sp³-hybridized carbons (Fsp3) is 0.385. The Morgan fingerprint density at radius 2 is 1.65 bits per heavy atom. The lowest BCUT2D eigenvalue weighted by Crippen LogP contribution is -2.17. The minimum atomic E-state index is 0.572. The number of allylic oxidation sites excluding steroid dienone is 2. The van der Waals surface area contributed by atoms with Crippen molar-refractivity contribution in [2.75, 3.05) is 0 Å². The summed E-state index contributed by atoms with van der Waals surface area (Å²) in [5.74, 6) is 0.572. The van der Waals surface area contributed by atoms with E-state index in [-0.39, 0.29) is 0 Å². The van der Waals surface area contributed by atoms with E-state index in [1.54, 1.807) is 5.56 Å². The molecule has 0 amide bonds. The first kappa shape index (κ1) is 12.9. The standard InChI is InChI=1S/C13H10Br4/c14-9-5-4-8-10-6(9)2-1-3-7(10)11(15)13(17)12(8)16/h5-6H,1-4H2. The van der Waals surface area contributed by atoms with Crippen molar-refractivity contribution in [1.29, 1.82) is 0 Å². The molecule has 0 fully saturated rings. The summed E-state index contributed by atoms with van der Waals surface area (Å²) in [6.07, 6.45) is 7.05. The van der Waals surface area contributed by atoms with Gasteiger partial charge < -0.3 is 0 Å². The molecule has 0 aliphatic heterocycles. The van der Waals surface area contributed by atoms with Crippen molar-refractivity contribution in [2.45, 2.75) is 31.6 Å². The molecule has 17 heavy (non-hydrogen) atoms. The molecule has 1 unspecified atom stereocenters. The molecular weight excluding hydrogens is 476 g/mol. The Morgan fingerprint density at radius 3 is 2.41 bits per heavy atom. The highest BCUT2D eigenvalue weighted by Crippen LogP contribution is 2.50. The smallest absolute Gasteiger partial charge is 0.0465 e. The summed E-state index contributed by atoms with van der Waals surface area (Å²) in [4.78, 5) is 0. The number of hydrogen-bond acceptors (Lipinski definition) is 0. The highest BCUT2D eigenvalue weighted by atomic mass is 79.9. The van der Waals surface area contributed by atoms with Crippen molar-refractivity contribution >= 4 is 63.7 Å². The summed E-state index contributed by atoms with van der Waals surface area (Å²) >= 11 is 14.9. The largest absolute Gasteiger partial charge is 0.0693 e. The van der Waals surface area contributed by atoms with Crippen LogP contribution in [0.25, 0.3) is 0 Å². The highest BCUT2D eigenvalue weighted by molar-refractivity contribution is 9.14. The molecule has 0 aromatic heterocycles. The number of halogens is 4. The van der Waals surface area contributed by atoms with Gasteiger partial charge in [-0.25, -0.2) is 0 Å². The minimum Gasteiger partial charge on any atom is -0.0693 e. The van der Waals surface area contributed by atoms with E-state index in [4.69, 9.17) is 0 Å². The van der Waals surface area contributed by atoms with Gasteiger partial charge in [-0.15, -0.1) is 0 Å². The van der Waals surface area contributed by atoms with Crippen LogP contribution in [0.2, 0.25) is 0 Å². The van der Waals surface area contributed by atoms with Crippen LogP contribution in [0, 0.1) is 0 Å². The van der Waals surface area contributed by atoms with Crippen LogP contribution in [0.15, 0.2) is 24.0 Å². The van der Waals surface area contributed by atoms with Gasteiger partial charge in [-0.05, 0) is 94.6 Å². The first-order valence-corrected chi connectivity index (χ1v) is 8.82. The van der Waals surface area contributed by atoms with Gasteiger partial charge >= 0.3 is 0 Å². The lowest BCUT2D eigenvalue weighted by molar-refractivity contribution is 0.609. The summed E-state index contributed by atoms with van der Waals surface area (Å²) in [6.45, 7) is 0. The molecule has 0 spiro atoms. The van der Waals surface area contributed by atoms with Crippen LogP contribution in [-0.2, 0) is 12.8 Å². The molecule has 90 valence electrons. The fourth-order valence-electron chi connectivity index (χ4n) is 2.89. The van der Waals surface area contributed by atoms with E-state index in [0.717, 1.165) is 6.42 Å². The van der Waals surface area contributed by atoms with Crippen LogP contribution in [0.3, 0.4) is 0 Å². The second-order valence-electron chi connectivity index (χ2n) is 4.55. The Morgan fingerprint density at radius 1 is 0.941 bits per heavy atom. The average molecular weight is 486 g/mol. The van der Waals surface area contributed by atoms with E-state index >= 15 is 0 Å². The van der Waals surface area contributed by atoms with E-state index in [9.17, 15) is 0 Å². The van der Waals surface area contributed by atoms with Crippen LogP contribution in [0.5, 0.6) is 0 Å². The normalized spacial score (nSPS) is 22.1. The lowest BCUT2D eigenvalue weighted by Gasteiger charge is -2.33. The monoisotopic (exact) mass is 482 g/mol. The number of rotatable bonds is 0. The van der Waals surface area contributed by atoms with Gasteiger partial charge in [0.05, 0.1) is 0 Å². The van der Waals surface area contributed by atoms with E-state index in [1.807, 2.05) is 0 Å². The molecule has 0 N–H and O–H groups in total. The predicted molar refractivity (Wildman–Crippen MR) is 85.9 cm³/mol. The predicted octanol–water partition coefficient (Wildman–Crippen LogP) is 6.23. The zero-order valence-electron chi connectivity index (χ0n) is 8.99. The number of hydrogen-bond donors (Lipinski definition) is 0. The van der Waals surface area contributed by atoms with E-state index < -0.39 is 0 Å². The Balaban J connectivity index is 2.34. The molecule has 0 saturated heterocycles. The van der Waals surface area contributed by atoms with Gasteiger partial charge in [0.25, 0.3) is 0 Å². The molecule has 4 heteroatoms. The molecule has 1 aromatic carbocycles. The zero-order valence-corrected chi connectivity index (χ0v) is 15.3. The average Bonchev–Trinajstić information content (AvgIpc) is 2.35. The third kappa shape index (κ3) is 1.94. The SMILES string of the molecule is BrC1=CCc2c(Br)c(Br)c(Br)c3c2C1CCC3. The minimum absolute atomic E-state index is 0.572. The Kier molecular flexibility index (Phi) is 3.62. The first-order chi connectivity index (χ1) is 8.11. The first-order valence-electron chi connectivity index (χ1n) is 5.65. The molecule has 0 nitrogen and oxygen atoms in total. The maximum atomic E-state index is 3.74. The van der Waals surface area contributed by atoms with Gasteiger partial charge in [0.1, 0.15) is 0 Å². The van der Waals surface area contributed by atoms with Gasteiger partial charge in [-0.3, -0.25) is 0 Å². The van der Waals surface area contributed by atoms with E-state index in [1.165, 1.54) is 48.3 Å². The maximum Gasteiger partial charge on any atom is 0.0465 e. The molecule has 2 aliphatic carbocycles. The van der Waals surface area contributed by atoms with Crippen LogP contribution in [0.1, 0.15) is 35.4 Å². The Hall–Kier alpha value is 0.880. The molecule has 1 atom stereocenters. The second-order valence-corrected chi connectivity index (χ2v) is 7.85. The van der Waals surface area contributed by atoms with E-state index in [2.05, 4.69) is 69.8 Å². The highest BCUT2D eigenvalue weighted by Gasteiger charge is 2.31. The number of benzene rings is 1. The summed E-state index contributed by atoms with van der Waals surface area (Å²) in [5, 5.41) is 0. The van der Waals surface area contributed by atoms with Crippen LogP contribution >= 0.6 is 63.7 Å². The third-order valence-corrected chi connectivity index (χ3v) is 8.15. The second kappa shape index (κ2) is 4.77. The van der Waals surface area contributed by atoms with Gasteiger partial charge in [0, 0.05) is 19.3 Å². The van der Waals surface area contributed by atoms with Gasteiger partial charge in [-0.2, -0.15) is 0 Å². The summed E-state index contributed by atoms with van der Waals surface area (Å²) < 4.78 is 4.98. The van der Waals surface area contributed by atoms with Crippen molar-refractivity contribution in [1.82, 2.24) is 0 Å².